The summed E-state index contributed by atoms with van der Waals surface area (Å²) in [4.78, 5) is 4.73. The zero-order valence-electron chi connectivity index (χ0n) is 11.4. The molecule has 0 bridgehead atoms. The highest BCUT2D eigenvalue weighted by molar-refractivity contribution is 7.18. The lowest BCUT2D eigenvalue weighted by Gasteiger charge is -2.25. The first-order valence-corrected chi connectivity index (χ1v) is 7.72. The van der Waals surface area contributed by atoms with E-state index in [9.17, 15) is 0 Å². The summed E-state index contributed by atoms with van der Waals surface area (Å²) in [6.45, 7) is 7.28. The van der Waals surface area contributed by atoms with E-state index in [1.807, 2.05) is 6.07 Å². The Morgan fingerprint density at radius 2 is 2.26 bits per heavy atom. The van der Waals surface area contributed by atoms with Gasteiger partial charge in [-0.1, -0.05) is 25.1 Å². The van der Waals surface area contributed by atoms with Crippen LogP contribution in [0.15, 0.2) is 36.9 Å². The van der Waals surface area contributed by atoms with Gasteiger partial charge < -0.3 is 5.32 Å². The van der Waals surface area contributed by atoms with E-state index >= 15 is 0 Å². The first-order chi connectivity index (χ1) is 9.18. The molecule has 19 heavy (non-hydrogen) atoms. The summed E-state index contributed by atoms with van der Waals surface area (Å²) < 4.78 is 1.28. The second kappa shape index (κ2) is 5.06. The molecule has 2 aromatic rings. The fraction of sp³-hybridized carbons (Fsp3) is 0.438. The Bertz CT molecular complexity index is 552. The van der Waals surface area contributed by atoms with Gasteiger partial charge in [0.1, 0.15) is 0 Å². The number of thiazole rings is 1. The van der Waals surface area contributed by atoms with Crippen LogP contribution in [0, 0.1) is 5.41 Å². The van der Waals surface area contributed by atoms with Crippen molar-refractivity contribution in [2.24, 2.45) is 5.41 Å². The molecular weight excluding hydrogens is 252 g/mol. The van der Waals surface area contributed by atoms with Gasteiger partial charge in [0.2, 0.25) is 0 Å². The second-order valence-corrected chi connectivity index (χ2v) is 6.88. The zero-order chi connectivity index (χ0) is 13.3. The SMILES string of the molecule is C=CC(C)(CNC1CC1)Cc1nc2ccccc2s1. The Morgan fingerprint density at radius 3 is 2.95 bits per heavy atom. The number of para-hydroxylation sites is 1. The maximum Gasteiger partial charge on any atom is 0.0947 e. The highest BCUT2D eigenvalue weighted by Crippen LogP contribution is 2.30. The Kier molecular flexibility index (Phi) is 3.42. The van der Waals surface area contributed by atoms with E-state index in [2.05, 4.69) is 43.1 Å². The molecule has 100 valence electrons. The van der Waals surface area contributed by atoms with E-state index in [1.165, 1.54) is 22.5 Å². The predicted molar refractivity (Wildman–Crippen MR) is 82.7 cm³/mol. The second-order valence-electron chi connectivity index (χ2n) is 5.77. The summed E-state index contributed by atoms with van der Waals surface area (Å²) in [5.74, 6) is 0. The zero-order valence-corrected chi connectivity index (χ0v) is 12.2. The average Bonchev–Trinajstić information content (AvgIpc) is 3.16. The van der Waals surface area contributed by atoms with Gasteiger partial charge in [0.05, 0.1) is 15.2 Å². The highest BCUT2D eigenvalue weighted by atomic mass is 32.1. The third kappa shape index (κ3) is 3.04. The van der Waals surface area contributed by atoms with E-state index < -0.39 is 0 Å². The van der Waals surface area contributed by atoms with Gasteiger partial charge in [-0.15, -0.1) is 17.9 Å². The lowest BCUT2D eigenvalue weighted by Crippen LogP contribution is -2.33. The summed E-state index contributed by atoms with van der Waals surface area (Å²) in [6, 6.07) is 9.10. The van der Waals surface area contributed by atoms with E-state index in [0.717, 1.165) is 24.5 Å². The number of hydrogen-bond acceptors (Lipinski definition) is 3. The third-order valence-corrected chi connectivity index (χ3v) is 4.79. The lowest BCUT2D eigenvalue weighted by molar-refractivity contribution is 0.389. The van der Waals surface area contributed by atoms with Crippen molar-refractivity contribution in [1.29, 1.82) is 0 Å². The number of aromatic nitrogens is 1. The molecule has 1 saturated carbocycles. The molecule has 1 N–H and O–H groups in total. The van der Waals surface area contributed by atoms with Gasteiger partial charge in [-0.3, -0.25) is 0 Å². The van der Waals surface area contributed by atoms with Gasteiger partial charge in [-0.2, -0.15) is 0 Å². The van der Waals surface area contributed by atoms with Crippen molar-refractivity contribution in [2.45, 2.75) is 32.2 Å². The minimum absolute atomic E-state index is 0.0937. The van der Waals surface area contributed by atoms with Crippen molar-refractivity contribution in [1.82, 2.24) is 10.3 Å². The first-order valence-electron chi connectivity index (χ1n) is 6.90. The quantitative estimate of drug-likeness (QED) is 0.809. The average molecular weight is 272 g/mol. The Balaban J connectivity index is 1.74. The van der Waals surface area contributed by atoms with E-state index in [4.69, 9.17) is 4.98 Å². The van der Waals surface area contributed by atoms with Crippen molar-refractivity contribution >= 4 is 21.6 Å². The number of nitrogens with zero attached hydrogens (tertiary/aromatic N) is 1. The summed E-state index contributed by atoms with van der Waals surface area (Å²) in [6.07, 6.45) is 5.70. The van der Waals surface area contributed by atoms with Crippen molar-refractivity contribution in [3.8, 4) is 0 Å². The van der Waals surface area contributed by atoms with Crippen molar-refractivity contribution in [2.75, 3.05) is 6.54 Å². The van der Waals surface area contributed by atoms with Gasteiger partial charge in [-0.25, -0.2) is 4.98 Å². The van der Waals surface area contributed by atoms with Crippen LogP contribution in [0.5, 0.6) is 0 Å². The molecule has 1 fully saturated rings. The molecule has 3 heteroatoms. The molecular formula is C16H20N2S. The van der Waals surface area contributed by atoms with Crippen LogP contribution in [0.2, 0.25) is 0 Å². The predicted octanol–water partition coefficient (Wildman–Crippen LogP) is 3.78. The largest absolute Gasteiger partial charge is 0.313 e. The van der Waals surface area contributed by atoms with Crippen LogP contribution < -0.4 is 5.32 Å². The molecule has 3 rings (SSSR count). The molecule has 1 aliphatic rings. The molecule has 1 atom stereocenters. The van der Waals surface area contributed by atoms with Gasteiger partial charge >= 0.3 is 0 Å². The Morgan fingerprint density at radius 1 is 1.47 bits per heavy atom. The van der Waals surface area contributed by atoms with Gasteiger partial charge in [0.25, 0.3) is 0 Å². The summed E-state index contributed by atoms with van der Waals surface area (Å²) >= 11 is 1.80. The molecule has 0 amide bonds. The van der Waals surface area contributed by atoms with Crippen LogP contribution >= 0.6 is 11.3 Å². The molecule has 1 aromatic heterocycles. The molecule has 0 aliphatic heterocycles. The van der Waals surface area contributed by atoms with Gasteiger partial charge in [0, 0.05) is 24.4 Å². The van der Waals surface area contributed by atoms with E-state index in [1.54, 1.807) is 11.3 Å². The monoisotopic (exact) mass is 272 g/mol. The van der Waals surface area contributed by atoms with E-state index in [0.29, 0.717) is 0 Å². The summed E-state index contributed by atoms with van der Waals surface area (Å²) in [5, 5.41) is 4.82. The van der Waals surface area contributed by atoms with Crippen LogP contribution in [0.3, 0.4) is 0 Å². The first kappa shape index (κ1) is 12.8. The molecule has 0 radical (unpaired) electrons. The Hall–Kier alpha value is -1.19. The molecule has 2 nitrogen and oxygen atoms in total. The number of nitrogens with one attached hydrogen (secondary N) is 1. The highest BCUT2D eigenvalue weighted by Gasteiger charge is 2.27. The van der Waals surface area contributed by atoms with Crippen LogP contribution in [0.1, 0.15) is 24.8 Å². The number of benzene rings is 1. The normalized spacial score (nSPS) is 18.4. The van der Waals surface area contributed by atoms with Crippen LogP contribution in [-0.4, -0.2) is 17.6 Å². The van der Waals surface area contributed by atoms with E-state index in [-0.39, 0.29) is 5.41 Å². The number of hydrogen-bond donors (Lipinski definition) is 1. The smallest absolute Gasteiger partial charge is 0.0947 e. The topological polar surface area (TPSA) is 24.9 Å². The number of rotatable bonds is 6. The summed E-state index contributed by atoms with van der Waals surface area (Å²) in [7, 11) is 0. The van der Waals surface area contributed by atoms with Crippen molar-refractivity contribution in [3.63, 3.8) is 0 Å². The molecule has 1 aliphatic carbocycles. The van der Waals surface area contributed by atoms with Crippen LogP contribution in [-0.2, 0) is 6.42 Å². The van der Waals surface area contributed by atoms with Gasteiger partial charge in [-0.05, 0) is 25.0 Å². The van der Waals surface area contributed by atoms with Gasteiger partial charge in [0.15, 0.2) is 0 Å². The van der Waals surface area contributed by atoms with Crippen molar-refractivity contribution < 1.29 is 0 Å². The minimum Gasteiger partial charge on any atom is -0.313 e. The lowest BCUT2D eigenvalue weighted by atomic mass is 9.87. The number of fused-ring (bicyclic) bond motifs is 1. The standard InChI is InChI=1S/C16H20N2S/c1-3-16(2,11-17-12-8-9-12)10-15-18-13-6-4-5-7-14(13)19-15/h3-7,12,17H,1,8-11H2,2H3. The fourth-order valence-electron chi connectivity index (χ4n) is 2.21. The molecule has 1 heterocycles. The summed E-state index contributed by atoms with van der Waals surface area (Å²) in [5.41, 5.74) is 1.21. The Labute approximate surface area is 118 Å². The van der Waals surface area contributed by atoms with Crippen molar-refractivity contribution in [3.05, 3.63) is 41.9 Å². The molecule has 0 saturated heterocycles. The maximum atomic E-state index is 4.73. The molecule has 0 spiro atoms. The third-order valence-electron chi connectivity index (χ3n) is 3.76. The molecule has 1 unspecified atom stereocenters. The fourth-order valence-corrected chi connectivity index (χ4v) is 3.38. The minimum atomic E-state index is 0.0937. The molecule has 1 aromatic carbocycles. The van der Waals surface area contributed by atoms with Crippen LogP contribution in [0.4, 0.5) is 0 Å². The van der Waals surface area contributed by atoms with Crippen LogP contribution in [0.25, 0.3) is 10.2 Å². The maximum absolute atomic E-state index is 4.73.